The zero-order valence-corrected chi connectivity index (χ0v) is 16.5. The number of fused-ring (bicyclic) bond motifs is 1. The summed E-state index contributed by atoms with van der Waals surface area (Å²) in [4.78, 5) is 36.3. The second kappa shape index (κ2) is 7.67. The Balaban J connectivity index is 1.38. The molecule has 0 saturated carbocycles. The van der Waals surface area contributed by atoms with Crippen LogP contribution in [0.3, 0.4) is 0 Å². The van der Waals surface area contributed by atoms with Gasteiger partial charge in [0.2, 0.25) is 5.95 Å². The molecular formula is C22H19FN6O2. The lowest BCUT2D eigenvalue weighted by Gasteiger charge is -2.35. The van der Waals surface area contributed by atoms with Gasteiger partial charge in [-0.25, -0.2) is 9.07 Å². The van der Waals surface area contributed by atoms with Gasteiger partial charge in [0.1, 0.15) is 11.2 Å². The second-order valence-electron chi connectivity index (χ2n) is 7.31. The van der Waals surface area contributed by atoms with E-state index >= 15 is 0 Å². The Morgan fingerprint density at radius 2 is 1.77 bits per heavy atom. The minimum absolute atomic E-state index is 0.210. The van der Waals surface area contributed by atoms with Crippen molar-refractivity contribution >= 4 is 22.9 Å². The van der Waals surface area contributed by atoms with Crippen LogP contribution < -0.4 is 10.5 Å². The highest BCUT2D eigenvalue weighted by atomic mass is 19.1. The number of nitrogens with zero attached hydrogens (tertiary/aromatic N) is 5. The van der Waals surface area contributed by atoms with Crippen molar-refractivity contribution in [3.05, 3.63) is 82.5 Å². The number of aromatic amines is 1. The summed E-state index contributed by atoms with van der Waals surface area (Å²) >= 11 is 0. The molecule has 1 amide bonds. The minimum Gasteiger partial charge on any atom is -0.339 e. The smallest absolute Gasteiger partial charge is 0.263 e. The molecule has 0 spiro atoms. The Kier molecular flexibility index (Phi) is 4.70. The van der Waals surface area contributed by atoms with E-state index in [1.54, 1.807) is 15.6 Å². The van der Waals surface area contributed by atoms with Crippen molar-refractivity contribution in [3.8, 4) is 5.69 Å². The molecule has 5 rings (SSSR count). The highest BCUT2D eigenvalue weighted by molar-refractivity contribution is 5.94. The molecule has 0 radical (unpaired) electrons. The number of nitrogens with one attached hydrogen (secondary N) is 1. The topological polar surface area (TPSA) is 87.1 Å². The molecule has 3 heterocycles. The summed E-state index contributed by atoms with van der Waals surface area (Å²) in [7, 11) is 0. The van der Waals surface area contributed by atoms with Gasteiger partial charge in [-0.3, -0.25) is 14.6 Å². The molecule has 1 saturated heterocycles. The number of hydrogen-bond acceptors (Lipinski definition) is 5. The van der Waals surface area contributed by atoms with Crippen molar-refractivity contribution in [3.63, 3.8) is 0 Å². The summed E-state index contributed by atoms with van der Waals surface area (Å²) in [6.07, 6.45) is 1.51. The van der Waals surface area contributed by atoms with E-state index in [1.807, 2.05) is 35.2 Å². The van der Waals surface area contributed by atoms with Gasteiger partial charge < -0.3 is 9.80 Å². The molecule has 31 heavy (non-hydrogen) atoms. The van der Waals surface area contributed by atoms with Crippen molar-refractivity contribution in [2.24, 2.45) is 0 Å². The monoisotopic (exact) mass is 418 g/mol. The maximum Gasteiger partial charge on any atom is 0.263 e. The summed E-state index contributed by atoms with van der Waals surface area (Å²) in [5.41, 5.74) is 1.35. The van der Waals surface area contributed by atoms with Crippen LogP contribution in [0.4, 0.5) is 10.3 Å². The summed E-state index contributed by atoms with van der Waals surface area (Å²) in [6, 6.07) is 15.2. The lowest BCUT2D eigenvalue weighted by atomic mass is 10.2. The van der Waals surface area contributed by atoms with Crippen molar-refractivity contribution in [2.75, 3.05) is 31.1 Å². The van der Waals surface area contributed by atoms with Crippen LogP contribution in [-0.2, 0) is 0 Å². The molecular weight excluding hydrogens is 399 g/mol. The van der Waals surface area contributed by atoms with Crippen LogP contribution in [0, 0.1) is 5.82 Å². The van der Waals surface area contributed by atoms with E-state index < -0.39 is 5.82 Å². The molecule has 0 unspecified atom stereocenters. The summed E-state index contributed by atoms with van der Waals surface area (Å²) in [5, 5.41) is 4.73. The molecule has 1 aliphatic rings. The van der Waals surface area contributed by atoms with E-state index in [9.17, 15) is 14.0 Å². The van der Waals surface area contributed by atoms with E-state index in [0.29, 0.717) is 48.7 Å². The average molecular weight is 418 g/mol. The third-order valence-electron chi connectivity index (χ3n) is 5.36. The SMILES string of the molecule is O=C(c1cccc(F)c1)N1CCN(c2nc3c(cnn3-c3ccccc3)c(=O)[nH]2)CC1. The number of carbonyl (C=O) groups excluding carboxylic acids is 1. The molecule has 156 valence electrons. The lowest BCUT2D eigenvalue weighted by Crippen LogP contribution is -2.49. The summed E-state index contributed by atoms with van der Waals surface area (Å²) in [5.74, 6) is -0.208. The molecule has 0 aliphatic carbocycles. The van der Waals surface area contributed by atoms with E-state index in [4.69, 9.17) is 0 Å². The van der Waals surface area contributed by atoms with Gasteiger partial charge in [0.05, 0.1) is 11.9 Å². The van der Waals surface area contributed by atoms with Gasteiger partial charge in [0, 0.05) is 31.7 Å². The number of aromatic nitrogens is 4. The molecule has 1 N–H and O–H groups in total. The van der Waals surface area contributed by atoms with Crippen molar-refractivity contribution in [1.29, 1.82) is 0 Å². The first-order valence-electron chi connectivity index (χ1n) is 9.93. The number of carbonyl (C=O) groups is 1. The van der Waals surface area contributed by atoms with Crippen LogP contribution in [0.5, 0.6) is 0 Å². The molecule has 0 bridgehead atoms. The molecule has 4 aromatic rings. The van der Waals surface area contributed by atoms with E-state index in [1.165, 1.54) is 24.4 Å². The number of para-hydroxylation sites is 1. The number of benzene rings is 2. The Morgan fingerprint density at radius 3 is 2.52 bits per heavy atom. The number of rotatable bonds is 3. The Hall–Kier alpha value is -4.01. The largest absolute Gasteiger partial charge is 0.339 e. The number of halogens is 1. The van der Waals surface area contributed by atoms with Gasteiger partial charge in [0.15, 0.2) is 5.65 Å². The fourth-order valence-corrected chi connectivity index (χ4v) is 3.74. The lowest BCUT2D eigenvalue weighted by molar-refractivity contribution is 0.0745. The summed E-state index contributed by atoms with van der Waals surface area (Å²) < 4.78 is 15.1. The highest BCUT2D eigenvalue weighted by Crippen LogP contribution is 2.18. The molecule has 8 nitrogen and oxygen atoms in total. The highest BCUT2D eigenvalue weighted by Gasteiger charge is 2.24. The molecule has 1 fully saturated rings. The fraction of sp³-hybridized carbons (Fsp3) is 0.182. The van der Waals surface area contributed by atoms with Gasteiger partial charge in [-0.05, 0) is 30.3 Å². The van der Waals surface area contributed by atoms with Gasteiger partial charge in [-0.15, -0.1) is 0 Å². The van der Waals surface area contributed by atoms with Gasteiger partial charge in [0.25, 0.3) is 11.5 Å². The van der Waals surface area contributed by atoms with Crippen molar-refractivity contribution in [2.45, 2.75) is 0 Å². The number of piperazine rings is 1. The predicted molar refractivity (Wildman–Crippen MR) is 114 cm³/mol. The number of anilines is 1. The van der Waals surface area contributed by atoms with Crippen LogP contribution in [-0.4, -0.2) is 56.7 Å². The second-order valence-corrected chi connectivity index (χ2v) is 7.31. The number of amides is 1. The van der Waals surface area contributed by atoms with Crippen molar-refractivity contribution in [1.82, 2.24) is 24.6 Å². The quantitative estimate of drug-likeness (QED) is 0.551. The molecule has 1 aliphatic heterocycles. The van der Waals surface area contributed by atoms with Gasteiger partial charge in [-0.2, -0.15) is 10.1 Å². The minimum atomic E-state index is -0.436. The predicted octanol–water partition coefficient (Wildman–Crippen LogP) is 2.21. The van der Waals surface area contributed by atoms with Crippen LogP contribution >= 0.6 is 0 Å². The average Bonchev–Trinajstić information content (AvgIpc) is 3.24. The molecule has 2 aromatic carbocycles. The normalized spacial score (nSPS) is 14.2. The molecule has 2 aromatic heterocycles. The maximum atomic E-state index is 13.4. The van der Waals surface area contributed by atoms with E-state index in [0.717, 1.165) is 5.69 Å². The fourth-order valence-electron chi connectivity index (χ4n) is 3.74. The first kappa shape index (κ1) is 19.0. The third-order valence-corrected chi connectivity index (χ3v) is 5.36. The first-order valence-corrected chi connectivity index (χ1v) is 9.93. The third kappa shape index (κ3) is 3.54. The Morgan fingerprint density at radius 1 is 1.00 bits per heavy atom. The number of hydrogen-bond donors (Lipinski definition) is 1. The first-order chi connectivity index (χ1) is 15.1. The number of H-pyrrole nitrogens is 1. The van der Waals surface area contributed by atoms with E-state index in [2.05, 4.69) is 15.1 Å². The molecule has 0 atom stereocenters. The van der Waals surface area contributed by atoms with Gasteiger partial charge in [-0.1, -0.05) is 24.3 Å². The Bertz CT molecular complexity index is 1310. The Labute approximate surface area is 176 Å². The molecule has 9 heteroatoms. The van der Waals surface area contributed by atoms with Gasteiger partial charge >= 0.3 is 0 Å². The van der Waals surface area contributed by atoms with Crippen LogP contribution in [0.25, 0.3) is 16.7 Å². The van der Waals surface area contributed by atoms with Crippen molar-refractivity contribution < 1.29 is 9.18 Å². The zero-order valence-electron chi connectivity index (χ0n) is 16.5. The standard InChI is InChI=1S/C22H19FN6O2/c23-16-6-4-5-15(13-16)21(31)27-9-11-28(12-10-27)22-25-19-18(20(30)26-22)14-24-29(19)17-7-2-1-3-8-17/h1-8,13-14H,9-12H2,(H,25,26,30). The maximum absolute atomic E-state index is 13.4. The van der Waals surface area contributed by atoms with Crippen LogP contribution in [0.1, 0.15) is 10.4 Å². The van der Waals surface area contributed by atoms with Crippen LogP contribution in [0.15, 0.2) is 65.6 Å². The zero-order chi connectivity index (χ0) is 21.4. The van der Waals surface area contributed by atoms with E-state index in [-0.39, 0.29) is 11.5 Å². The summed E-state index contributed by atoms with van der Waals surface area (Å²) in [6.45, 7) is 1.87. The van der Waals surface area contributed by atoms with Crippen LogP contribution in [0.2, 0.25) is 0 Å².